The topological polar surface area (TPSA) is 75.7 Å². The van der Waals surface area contributed by atoms with Gasteiger partial charge >= 0.3 is 0 Å². The maximum absolute atomic E-state index is 9.37. The number of methoxy groups -OCH3 is 1. The van der Waals surface area contributed by atoms with Gasteiger partial charge < -0.3 is 20.7 Å². The van der Waals surface area contributed by atoms with Crippen LogP contribution in [0.15, 0.2) is 12.1 Å². The molecule has 0 heterocycles. The highest BCUT2D eigenvalue weighted by Gasteiger charge is 2.07. The first kappa shape index (κ1) is 9.67. The molecule has 4 heteroatoms. The van der Waals surface area contributed by atoms with Crippen LogP contribution in [0.25, 0.3) is 0 Å². The number of hydrogen-bond donors (Lipinski definition) is 3. The normalized spacial score (nSPS) is 10.0. The molecule has 4 N–H and O–H groups in total. The second kappa shape index (κ2) is 4.00. The average molecular weight is 183 g/mol. The van der Waals surface area contributed by atoms with Gasteiger partial charge in [0, 0.05) is 6.07 Å². The fourth-order valence-electron chi connectivity index (χ4n) is 1.12. The summed E-state index contributed by atoms with van der Waals surface area (Å²) >= 11 is 0. The van der Waals surface area contributed by atoms with Crippen molar-refractivity contribution in [1.82, 2.24) is 0 Å². The zero-order valence-corrected chi connectivity index (χ0v) is 7.45. The van der Waals surface area contributed by atoms with Gasteiger partial charge in [0.1, 0.15) is 5.75 Å². The third-order valence-corrected chi connectivity index (χ3v) is 1.79. The molecule has 1 aromatic rings. The first-order valence-corrected chi connectivity index (χ1v) is 3.98. The summed E-state index contributed by atoms with van der Waals surface area (Å²) in [4.78, 5) is 0. The van der Waals surface area contributed by atoms with Crippen LogP contribution < -0.4 is 10.5 Å². The lowest BCUT2D eigenvalue weighted by molar-refractivity contribution is 0.368. The second-order valence-electron chi connectivity index (χ2n) is 2.69. The fourth-order valence-corrected chi connectivity index (χ4v) is 1.12. The Hall–Kier alpha value is -1.42. The molecular weight excluding hydrogens is 170 g/mol. The lowest BCUT2D eigenvalue weighted by Gasteiger charge is -2.07. The molecule has 0 unspecified atom stereocenters. The van der Waals surface area contributed by atoms with Crippen molar-refractivity contribution in [3.8, 4) is 17.2 Å². The number of ether oxygens (including phenoxy) is 1. The van der Waals surface area contributed by atoms with E-state index < -0.39 is 0 Å². The van der Waals surface area contributed by atoms with Crippen LogP contribution in [-0.2, 0) is 6.42 Å². The smallest absolute Gasteiger partial charge is 0.161 e. The number of aromatic hydroxyl groups is 2. The van der Waals surface area contributed by atoms with Crippen molar-refractivity contribution in [3.63, 3.8) is 0 Å². The molecule has 1 rings (SSSR count). The summed E-state index contributed by atoms with van der Waals surface area (Å²) in [6.07, 6.45) is 0.558. The predicted octanol–water partition coefficient (Wildman–Crippen LogP) is 0.608. The molecule has 0 aliphatic rings. The van der Waals surface area contributed by atoms with Gasteiger partial charge in [-0.1, -0.05) is 0 Å². The van der Waals surface area contributed by atoms with E-state index in [1.54, 1.807) is 6.07 Å². The largest absolute Gasteiger partial charge is 0.508 e. The van der Waals surface area contributed by atoms with Crippen molar-refractivity contribution >= 4 is 0 Å². The molecule has 0 fully saturated rings. The maximum Gasteiger partial charge on any atom is 0.161 e. The Morgan fingerprint density at radius 2 is 2.00 bits per heavy atom. The molecule has 0 amide bonds. The highest BCUT2D eigenvalue weighted by atomic mass is 16.5. The quantitative estimate of drug-likeness (QED) is 0.641. The lowest BCUT2D eigenvalue weighted by Crippen LogP contribution is -2.03. The Labute approximate surface area is 76.6 Å². The second-order valence-corrected chi connectivity index (χ2v) is 2.69. The average Bonchev–Trinajstić information content (AvgIpc) is 2.10. The molecular formula is C9H13NO3. The summed E-state index contributed by atoms with van der Waals surface area (Å²) in [6, 6.07) is 2.83. The summed E-state index contributed by atoms with van der Waals surface area (Å²) in [6.45, 7) is 0.446. The highest BCUT2D eigenvalue weighted by molar-refractivity contribution is 5.49. The predicted molar refractivity (Wildman–Crippen MR) is 49.1 cm³/mol. The van der Waals surface area contributed by atoms with E-state index in [0.717, 1.165) is 0 Å². The number of nitrogens with two attached hydrogens (primary N) is 1. The van der Waals surface area contributed by atoms with Crippen LogP contribution in [0.5, 0.6) is 17.2 Å². The van der Waals surface area contributed by atoms with Crippen LogP contribution in [0.4, 0.5) is 0 Å². The van der Waals surface area contributed by atoms with E-state index in [9.17, 15) is 10.2 Å². The van der Waals surface area contributed by atoms with E-state index in [-0.39, 0.29) is 11.5 Å². The molecule has 4 nitrogen and oxygen atoms in total. The van der Waals surface area contributed by atoms with E-state index in [2.05, 4.69) is 0 Å². The van der Waals surface area contributed by atoms with Crippen molar-refractivity contribution in [2.45, 2.75) is 6.42 Å². The van der Waals surface area contributed by atoms with Crippen LogP contribution >= 0.6 is 0 Å². The molecule has 0 saturated heterocycles. The Kier molecular flexibility index (Phi) is 2.97. The van der Waals surface area contributed by atoms with E-state index in [0.29, 0.717) is 24.3 Å². The van der Waals surface area contributed by atoms with Gasteiger partial charge in [0.25, 0.3) is 0 Å². The molecule has 13 heavy (non-hydrogen) atoms. The summed E-state index contributed by atoms with van der Waals surface area (Å²) in [7, 11) is 1.46. The standard InChI is InChI=1S/C9H13NO3/c1-13-9-4-6(2-3-10)7(11)5-8(9)12/h4-5,11-12H,2-3,10H2,1H3. The molecule has 0 spiro atoms. The van der Waals surface area contributed by atoms with Crippen molar-refractivity contribution in [3.05, 3.63) is 17.7 Å². The first-order chi connectivity index (χ1) is 6.19. The Morgan fingerprint density at radius 1 is 1.31 bits per heavy atom. The van der Waals surface area contributed by atoms with Crippen LogP contribution in [0.2, 0.25) is 0 Å². The van der Waals surface area contributed by atoms with E-state index >= 15 is 0 Å². The Balaban J connectivity index is 3.06. The van der Waals surface area contributed by atoms with Crippen LogP contribution in [0.3, 0.4) is 0 Å². The van der Waals surface area contributed by atoms with E-state index in [1.165, 1.54) is 13.2 Å². The number of phenols is 2. The molecule has 0 aliphatic heterocycles. The van der Waals surface area contributed by atoms with Gasteiger partial charge in [-0.3, -0.25) is 0 Å². The van der Waals surface area contributed by atoms with Crippen LogP contribution in [0.1, 0.15) is 5.56 Å². The summed E-state index contributed by atoms with van der Waals surface area (Å²) in [5.74, 6) is 0.325. The minimum atomic E-state index is -0.0687. The van der Waals surface area contributed by atoms with Crippen LogP contribution in [-0.4, -0.2) is 23.9 Å². The zero-order valence-electron chi connectivity index (χ0n) is 7.45. The summed E-state index contributed by atoms with van der Waals surface area (Å²) < 4.78 is 4.89. The molecule has 0 aromatic heterocycles. The monoisotopic (exact) mass is 183 g/mol. The Bertz CT molecular complexity index is 299. The molecule has 0 atom stereocenters. The van der Waals surface area contributed by atoms with Gasteiger partial charge in [-0.15, -0.1) is 0 Å². The maximum atomic E-state index is 9.37. The number of hydrogen-bond acceptors (Lipinski definition) is 4. The lowest BCUT2D eigenvalue weighted by atomic mass is 10.1. The zero-order chi connectivity index (χ0) is 9.84. The highest BCUT2D eigenvalue weighted by Crippen LogP contribution is 2.32. The van der Waals surface area contributed by atoms with Crippen molar-refractivity contribution in [1.29, 1.82) is 0 Å². The van der Waals surface area contributed by atoms with Crippen LogP contribution in [0, 0.1) is 0 Å². The SMILES string of the molecule is COc1cc(CCN)c(O)cc1O. The molecule has 1 aromatic carbocycles. The number of benzene rings is 1. The van der Waals surface area contributed by atoms with E-state index in [1.807, 2.05) is 0 Å². The van der Waals surface area contributed by atoms with Crippen molar-refractivity contribution < 1.29 is 14.9 Å². The summed E-state index contributed by atoms with van der Waals surface area (Å²) in [5, 5.41) is 18.6. The van der Waals surface area contributed by atoms with E-state index in [4.69, 9.17) is 10.5 Å². The number of phenolic OH excluding ortho intramolecular Hbond substituents is 2. The Morgan fingerprint density at radius 3 is 2.54 bits per heavy atom. The summed E-state index contributed by atoms with van der Waals surface area (Å²) in [5.41, 5.74) is 6.02. The fraction of sp³-hybridized carbons (Fsp3) is 0.333. The van der Waals surface area contributed by atoms with Crippen molar-refractivity contribution in [2.24, 2.45) is 5.73 Å². The molecule has 0 radical (unpaired) electrons. The van der Waals surface area contributed by atoms with Gasteiger partial charge in [-0.05, 0) is 24.6 Å². The molecule has 0 saturated carbocycles. The third kappa shape index (κ3) is 2.03. The molecule has 0 bridgehead atoms. The van der Waals surface area contributed by atoms with Crippen molar-refractivity contribution in [2.75, 3.05) is 13.7 Å². The molecule has 72 valence electrons. The van der Waals surface area contributed by atoms with Gasteiger partial charge in [-0.2, -0.15) is 0 Å². The van der Waals surface area contributed by atoms with Gasteiger partial charge in [0.15, 0.2) is 11.5 Å². The number of rotatable bonds is 3. The minimum Gasteiger partial charge on any atom is -0.508 e. The molecule has 0 aliphatic carbocycles. The minimum absolute atomic E-state index is 0.0451. The van der Waals surface area contributed by atoms with Gasteiger partial charge in [0.05, 0.1) is 7.11 Å². The third-order valence-electron chi connectivity index (χ3n) is 1.79. The van der Waals surface area contributed by atoms with Gasteiger partial charge in [-0.25, -0.2) is 0 Å². The van der Waals surface area contributed by atoms with Gasteiger partial charge in [0.2, 0.25) is 0 Å². The first-order valence-electron chi connectivity index (χ1n) is 3.98.